The topological polar surface area (TPSA) is 49.8 Å². The van der Waals surface area contributed by atoms with Gasteiger partial charge in [0.25, 0.3) is 0 Å². The zero-order valence-electron chi connectivity index (χ0n) is 11.8. The van der Waals surface area contributed by atoms with Crippen LogP contribution in [0.4, 0.5) is 0 Å². The summed E-state index contributed by atoms with van der Waals surface area (Å²) >= 11 is 0. The molecule has 1 N–H and O–H groups in total. The number of aliphatic hydroxyl groups excluding tert-OH is 1. The minimum Gasteiger partial charge on any atom is -0.465 e. The molecule has 0 bridgehead atoms. The first kappa shape index (κ1) is 15.7. The zero-order chi connectivity index (χ0) is 14.1. The summed E-state index contributed by atoms with van der Waals surface area (Å²) in [5, 5.41) is 9.11. The second-order valence-electron chi connectivity index (χ2n) is 4.50. The molecule has 0 atom stereocenters. The third-order valence-electron chi connectivity index (χ3n) is 3.06. The number of ether oxygens (including phenoxy) is 1. The molecule has 0 spiro atoms. The van der Waals surface area contributed by atoms with Gasteiger partial charge in [0.05, 0.1) is 19.3 Å². The van der Waals surface area contributed by atoms with Crippen LogP contribution in [0.25, 0.3) is 0 Å². The molecule has 0 saturated heterocycles. The highest BCUT2D eigenvalue weighted by Crippen LogP contribution is 2.13. The summed E-state index contributed by atoms with van der Waals surface area (Å²) in [7, 11) is 1.39. The van der Waals surface area contributed by atoms with Crippen LogP contribution in [0.3, 0.4) is 0 Å². The number of hydrogen-bond donors (Lipinski definition) is 1. The lowest BCUT2D eigenvalue weighted by molar-refractivity contribution is 0.0598. The van der Waals surface area contributed by atoms with Crippen LogP contribution in [0.15, 0.2) is 24.3 Å². The maximum Gasteiger partial charge on any atom is 0.338 e. The van der Waals surface area contributed by atoms with Crippen LogP contribution in [0.5, 0.6) is 0 Å². The minimum atomic E-state index is -0.310. The lowest BCUT2D eigenvalue weighted by Crippen LogP contribution is -2.28. The molecule has 1 rings (SSSR count). The predicted molar refractivity (Wildman–Crippen MR) is 75.1 cm³/mol. The van der Waals surface area contributed by atoms with Crippen molar-refractivity contribution in [1.29, 1.82) is 0 Å². The SMILES string of the molecule is CCCCN(CCO)Cc1ccccc1C(=O)OC. The third-order valence-corrected chi connectivity index (χ3v) is 3.06. The molecule has 0 aromatic heterocycles. The van der Waals surface area contributed by atoms with Gasteiger partial charge in [-0.05, 0) is 24.6 Å². The minimum absolute atomic E-state index is 0.129. The Kier molecular flexibility index (Phi) is 7.15. The molecule has 0 fully saturated rings. The number of carbonyl (C=O) groups is 1. The Morgan fingerprint density at radius 2 is 2.05 bits per heavy atom. The Balaban J connectivity index is 2.80. The number of esters is 1. The van der Waals surface area contributed by atoms with Crippen molar-refractivity contribution < 1.29 is 14.6 Å². The molecule has 0 saturated carbocycles. The van der Waals surface area contributed by atoms with Crippen molar-refractivity contribution in [2.24, 2.45) is 0 Å². The van der Waals surface area contributed by atoms with E-state index < -0.39 is 0 Å². The smallest absolute Gasteiger partial charge is 0.338 e. The fraction of sp³-hybridized carbons (Fsp3) is 0.533. The second-order valence-corrected chi connectivity index (χ2v) is 4.50. The molecule has 0 heterocycles. The lowest BCUT2D eigenvalue weighted by atomic mass is 10.1. The van der Waals surface area contributed by atoms with Gasteiger partial charge >= 0.3 is 5.97 Å². The van der Waals surface area contributed by atoms with Crippen molar-refractivity contribution in [3.8, 4) is 0 Å². The van der Waals surface area contributed by atoms with Gasteiger partial charge in [0.1, 0.15) is 0 Å². The van der Waals surface area contributed by atoms with Gasteiger partial charge in [-0.15, -0.1) is 0 Å². The third kappa shape index (κ3) is 5.01. The number of benzene rings is 1. The molecule has 4 nitrogen and oxygen atoms in total. The average Bonchev–Trinajstić information content (AvgIpc) is 2.44. The number of rotatable bonds is 8. The number of carbonyl (C=O) groups excluding carboxylic acids is 1. The summed E-state index contributed by atoms with van der Waals surface area (Å²) in [5.74, 6) is -0.310. The van der Waals surface area contributed by atoms with Crippen molar-refractivity contribution in [3.63, 3.8) is 0 Å². The monoisotopic (exact) mass is 265 g/mol. The summed E-state index contributed by atoms with van der Waals surface area (Å²) in [5.41, 5.74) is 1.54. The predicted octanol–water partition coefficient (Wildman–Crippen LogP) is 2.07. The number of unbranched alkanes of at least 4 members (excludes halogenated alkanes) is 1. The molecule has 0 aliphatic carbocycles. The molecule has 0 aliphatic heterocycles. The first-order valence-electron chi connectivity index (χ1n) is 6.72. The highest BCUT2D eigenvalue weighted by molar-refractivity contribution is 5.90. The zero-order valence-corrected chi connectivity index (χ0v) is 11.8. The van der Waals surface area contributed by atoms with E-state index in [-0.39, 0.29) is 12.6 Å². The van der Waals surface area contributed by atoms with Crippen molar-refractivity contribution in [2.75, 3.05) is 26.8 Å². The number of hydrogen-bond acceptors (Lipinski definition) is 4. The molecular weight excluding hydrogens is 242 g/mol. The summed E-state index contributed by atoms with van der Waals surface area (Å²) in [6.07, 6.45) is 2.20. The van der Waals surface area contributed by atoms with E-state index in [4.69, 9.17) is 9.84 Å². The average molecular weight is 265 g/mol. The van der Waals surface area contributed by atoms with Crippen LogP contribution in [-0.2, 0) is 11.3 Å². The first-order chi connectivity index (χ1) is 9.22. The molecule has 0 unspecified atom stereocenters. The standard InChI is InChI=1S/C15H23NO3/c1-3-4-9-16(10-11-17)12-13-7-5-6-8-14(13)15(18)19-2/h5-8,17H,3-4,9-12H2,1-2H3. The van der Waals surface area contributed by atoms with Gasteiger partial charge in [-0.25, -0.2) is 4.79 Å². The van der Waals surface area contributed by atoms with E-state index in [1.54, 1.807) is 6.07 Å². The van der Waals surface area contributed by atoms with E-state index in [9.17, 15) is 4.79 Å². The summed E-state index contributed by atoms with van der Waals surface area (Å²) in [6, 6.07) is 7.46. The van der Waals surface area contributed by atoms with Gasteiger partial charge < -0.3 is 9.84 Å². The van der Waals surface area contributed by atoms with Crippen LogP contribution in [-0.4, -0.2) is 42.8 Å². The Hall–Kier alpha value is -1.39. The quantitative estimate of drug-likeness (QED) is 0.731. The van der Waals surface area contributed by atoms with Gasteiger partial charge in [0.15, 0.2) is 0 Å². The van der Waals surface area contributed by atoms with Crippen LogP contribution < -0.4 is 0 Å². The van der Waals surface area contributed by atoms with Gasteiger partial charge in [-0.2, -0.15) is 0 Å². The van der Waals surface area contributed by atoms with E-state index in [1.165, 1.54) is 7.11 Å². The summed E-state index contributed by atoms with van der Waals surface area (Å²) in [4.78, 5) is 13.9. The molecule has 0 amide bonds. The number of methoxy groups -OCH3 is 1. The molecule has 106 valence electrons. The molecular formula is C15H23NO3. The highest BCUT2D eigenvalue weighted by atomic mass is 16.5. The van der Waals surface area contributed by atoms with Crippen molar-refractivity contribution >= 4 is 5.97 Å². The van der Waals surface area contributed by atoms with E-state index >= 15 is 0 Å². The van der Waals surface area contributed by atoms with Crippen LogP contribution >= 0.6 is 0 Å². The summed E-state index contributed by atoms with van der Waals surface area (Å²) < 4.78 is 4.79. The van der Waals surface area contributed by atoms with Gasteiger partial charge in [0.2, 0.25) is 0 Å². The van der Waals surface area contributed by atoms with Crippen molar-refractivity contribution in [2.45, 2.75) is 26.3 Å². The maximum absolute atomic E-state index is 11.7. The molecule has 0 aliphatic rings. The van der Waals surface area contributed by atoms with Crippen molar-refractivity contribution in [3.05, 3.63) is 35.4 Å². The molecule has 1 aromatic rings. The van der Waals surface area contributed by atoms with E-state index in [1.807, 2.05) is 18.2 Å². The Morgan fingerprint density at radius 3 is 2.68 bits per heavy atom. The summed E-state index contributed by atoms with van der Waals surface area (Å²) in [6.45, 7) is 4.47. The van der Waals surface area contributed by atoms with E-state index in [2.05, 4.69) is 11.8 Å². The molecule has 0 radical (unpaired) electrons. The second kappa shape index (κ2) is 8.67. The normalized spacial score (nSPS) is 10.7. The first-order valence-corrected chi connectivity index (χ1v) is 6.72. The number of nitrogens with zero attached hydrogens (tertiary/aromatic N) is 1. The van der Waals surface area contributed by atoms with Crippen molar-refractivity contribution in [1.82, 2.24) is 4.90 Å². The number of aliphatic hydroxyl groups is 1. The fourth-order valence-electron chi connectivity index (χ4n) is 2.00. The van der Waals surface area contributed by atoms with E-state index in [0.717, 1.165) is 24.9 Å². The fourth-order valence-corrected chi connectivity index (χ4v) is 2.00. The van der Waals surface area contributed by atoms with Crippen LogP contribution in [0.1, 0.15) is 35.7 Å². The Labute approximate surface area is 115 Å². The van der Waals surface area contributed by atoms with E-state index in [0.29, 0.717) is 18.7 Å². The maximum atomic E-state index is 11.7. The molecule has 19 heavy (non-hydrogen) atoms. The highest BCUT2D eigenvalue weighted by Gasteiger charge is 2.13. The molecule has 1 aromatic carbocycles. The largest absolute Gasteiger partial charge is 0.465 e. The Bertz CT molecular complexity index is 393. The van der Waals surface area contributed by atoms with Crippen LogP contribution in [0.2, 0.25) is 0 Å². The van der Waals surface area contributed by atoms with Crippen LogP contribution in [0, 0.1) is 0 Å². The van der Waals surface area contributed by atoms with Gasteiger partial charge in [0, 0.05) is 13.1 Å². The Morgan fingerprint density at radius 1 is 1.32 bits per heavy atom. The molecule has 4 heteroatoms. The van der Waals surface area contributed by atoms with Gasteiger partial charge in [-0.3, -0.25) is 4.90 Å². The lowest BCUT2D eigenvalue weighted by Gasteiger charge is -2.22. The van der Waals surface area contributed by atoms with Gasteiger partial charge in [-0.1, -0.05) is 31.5 Å².